The summed E-state index contributed by atoms with van der Waals surface area (Å²) in [5.74, 6) is 0.821. The molecule has 1 aliphatic heterocycles. The smallest absolute Gasteiger partial charge is 0.276 e. The van der Waals surface area contributed by atoms with E-state index in [0.717, 1.165) is 6.42 Å². The first-order valence-corrected chi connectivity index (χ1v) is 8.95. The van der Waals surface area contributed by atoms with Crippen LogP contribution >= 0.6 is 0 Å². The molecule has 0 bridgehead atoms. The maximum atomic E-state index is 12.9. The number of amides is 1. The second-order valence-corrected chi connectivity index (χ2v) is 6.65. The zero-order chi connectivity index (χ0) is 19.0. The number of para-hydroxylation sites is 1. The average molecular weight is 368 g/mol. The minimum absolute atomic E-state index is 0.133. The van der Waals surface area contributed by atoms with E-state index in [0.29, 0.717) is 35.5 Å². The van der Waals surface area contributed by atoms with Crippen LogP contribution in [0.4, 0.5) is 0 Å². The van der Waals surface area contributed by atoms with E-state index in [9.17, 15) is 14.7 Å². The van der Waals surface area contributed by atoms with Crippen molar-refractivity contribution in [1.29, 1.82) is 0 Å². The summed E-state index contributed by atoms with van der Waals surface area (Å²) in [4.78, 5) is 32.2. The molecular weight excluding hydrogens is 348 g/mol. The van der Waals surface area contributed by atoms with Gasteiger partial charge in [0.15, 0.2) is 5.69 Å². The summed E-state index contributed by atoms with van der Waals surface area (Å²) in [5, 5.41) is 13.8. The van der Waals surface area contributed by atoms with Gasteiger partial charge in [0, 0.05) is 12.6 Å². The normalized spacial score (nSPS) is 17.0. The predicted octanol–water partition coefficient (Wildman–Crippen LogP) is 1.66. The lowest BCUT2D eigenvalue weighted by Crippen LogP contribution is -2.36. The fraction of sp³-hybridized carbons (Fsp3) is 0.368. The summed E-state index contributed by atoms with van der Waals surface area (Å²) < 4.78 is 6.50. The molecule has 1 aromatic carbocycles. The highest BCUT2D eigenvalue weighted by molar-refractivity contribution is 5.92. The zero-order valence-corrected chi connectivity index (χ0v) is 15.0. The van der Waals surface area contributed by atoms with Gasteiger partial charge in [-0.3, -0.25) is 14.2 Å². The number of hydrogen-bond donors (Lipinski definition) is 1. The molecule has 27 heavy (non-hydrogen) atoms. The number of likely N-dealkylation sites (tertiary alicyclic amines) is 1. The third-order valence-electron chi connectivity index (χ3n) is 4.87. The zero-order valence-electron chi connectivity index (χ0n) is 15.0. The second kappa shape index (κ2) is 6.96. The Morgan fingerprint density at radius 2 is 2.19 bits per heavy atom. The van der Waals surface area contributed by atoms with E-state index in [4.69, 9.17) is 4.52 Å². The first-order chi connectivity index (χ1) is 13.1. The quantitative estimate of drug-likeness (QED) is 0.752. The standard InChI is InChI=1S/C19H20N4O4/c1-12-11-15(21-27-12)19(26)22-8-4-7-16(22)17-20-14-6-3-2-5-13(14)18(25)23(17)9-10-24/h2-3,5-6,11,16,24H,4,7-10H2,1H3. The Morgan fingerprint density at radius 3 is 2.93 bits per heavy atom. The number of aliphatic hydroxyl groups is 1. The Kier molecular flexibility index (Phi) is 4.49. The van der Waals surface area contributed by atoms with Crippen LogP contribution in [0.2, 0.25) is 0 Å². The lowest BCUT2D eigenvalue weighted by Gasteiger charge is -2.26. The third-order valence-corrected chi connectivity index (χ3v) is 4.87. The number of rotatable bonds is 4. The molecule has 0 spiro atoms. The molecule has 4 rings (SSSR count). The molecule has 1 aliphatic rings. The molecule has 1 amide bonds. The molecule has 3 aromatic rings. The molecular formula is C19H20N4O4. The highest BCUT2D eigenvalue weighted by atomic mass is 16.5. The van der Waals surface area contributed by atoms with Gasteiger partial charge in [0.05, 0.1) is 30.1 Å². The number of fused-ring (bicyclic) bond motifs is 1. The van der Waals surface area contributed by atoms with Gasteiger partial charge < -0.3 is 14.5 Å². The van der Waals surface area contributed by atoms with E-state index in [1.165, 1.54) is 4.57 Å². The fourth-order valence-electron chi connectivity index (χ4n) is 3.65. The second-order valence-electron chi connectivity index (χ2n) is 6.65. The molecule has 0 saturated carbocycles. The van der Waals surface area contributed by atoms with Crippen LogP contribution in [0.5, 0.6) is 0 Å². The van der Waals surface area contributed by atoms with Crippen molar-refractivity contribution < 1.29 is 14.4 Å². The van der Waals surface area contributed by atoms with E-state index in [-0.39, 0.29) is 36.4 Å². The Balaban J connectivity index is 1.81. The molecule has 1 saturated heterocycles. The predicted molar refractivity (Wildman–Crippen MR) is 97.3 cm³/mol. The van der Waals surface area contributed by atoms with Crippen LogP contribution in [0.15, 0.2) is 39.6 Å². The van der Waals surface area contributed by atoms with Crippen LogP contribution in [-0.2, 0) is 6.54 Å². The van der Waals surface area contributed by atoms with E-state index in [2.05, 4.69) is 10.1 Å². The molecule has 8 heteroatoms. The number of hydrogen-bond acceptors (Lipinski definition) is 6. The largest absolute Gasteiger partial charge is 0.395 e. The number of aryl methyl sites for hydroxylation is 1. The lowest BCUT2D eigenvalue weighted by molar-refractivity contribution is 0.0715. The van der Waals surface area contributed by atoms with E-state index < -0.39 is 0 Å². The van der Waals surface area contributed by atoms with Gasteiger partial charge in [-0.25, -0.2) is 4.98 Å². The number of carbonyl (C=O) groups is 1. The monoisotopic (exact) mass is 368 g/mol. The SMILES string of the molecule is Cc1cc(C(=O)N2CCCC2c2nc3ccccc3c(=O)n2CCO)no1. The number of aliphatic hydroxyl groups excluding tert-OH is 1. The van der Waals surface area contributed by atoms with Gasteiger partial charge in [-0.1, -0.05) is 17.3 Å². The van der Waals surface area contributed by atoms with Gasteiger partial charge in [0.2, 0.25) is 0 Å². The van der Waals surface area contributed by atoms with Crippen molar-refractivity contribution in [3.8, 4) is 0 Å². The average Bonchev–Trinajstić information content (AvgIpc) is 3.32. The van der Waals surface area contributed by atoms with E-state index in [1.54, 1.807) is 36.1 Å². The lowest BCUT2D eigenvalue weighted by atomic mass is 10.1. The molecule has 3 heterocycles. The summed E-state index contributed by atoms with van der Waals surface area (Å²) in [6.07, 6.45) is 1.49. The maximum Gasteiger partial charge on any atom is 0.276 e. The van der Waals surface area contributed by atoms with Crippen molar-refractivity contribution in [3.05, 3.63) is 58.0 Å². The van der Waals surface area contributed by atoms with E-state index >= 15 is 0 Å². The number of nitrogens with zero attached hydrogens (tertiary/aromatic N) is 4. The van der Waals surface area contributed by atoms with Crippen LogP contribution < -0.4 is 5.56 Å². The first-order valence-electron chi connectivity index (χ1n) is 8.95. The molecule has 1 N–H and O–H groups in total. The molecule has 1 fully saturated rings. The van der Waals surface area contributed by atoms with Crippen LogP contribution in [0.3, 0.4) is 0 Å². The Labute approximate surface area is 155 Å². The van der Waals surface area contributed by atoms with Gasteiger partial charge in [-0.15, -0.1) is 0 Å². The highest BCUT2D eigenvalue weighted by Gasteiger charge is 2.35. The molecule has 2 aromatic heterocycles. The number of aromatic nitrogens is 3. The summed E-state index contributed by atoms with van der Waals surface area (Å²) >= 11 is 0. The highest BCUT2D eigenvalue weighted by Crippen LogP contribution is 2.32. The van der Waals surface area contributed by atoms with Gasteiger partial charge in [0.25, 0.3) is 11.5 Å². The maximum absolute atomic E-state index is 12.9. The molecule has 0 aliphatic carbocycles. The van der Waals surface area contributed by atoms with Crippen molar-refractivity contribution in [2.75, 3.05) is 13.2 Å². The molecule has 140 valence electrons. The topological polar surface area (TPSA) is 101 Å². The molecule has 8 nitrogen and oxygen atoms in total. The van der Waals surface area contributed by atoms with Crippen molar-refractivity contribution in [2.24, 2.45) is 0 Å². The Hall–Kier alpha value is -3.00. The minimum atomic E-state index is -0.349. The Bertz CT molecular complexity index is 1060. The van der Waals surface area contributed by atoms with Crippen molar-refractivity contribution >= 4 is 16.8 Å². The summed E-state index contributed by atoms with van der Waals surface area (Å²) in [7, 11) is 0. The van der Waals surface area contributed by atoms with Crippen LogP contribution in [0, 0.1) is 6.92 Å². The summed E-state index contributed by atoms with van der Waals surface area (Å²) in [6, 6.07) is 8.37. The minimum Gasteiger partial charge on any atom is -0.395 e. The summed E-state index contributed by atoms with van der Waals surface area (Å²) in [5.41, 5.74) is 0.626. The number of benzene rings is 1. The van der Waals surface area contributed by atoms with Gasteiger partial charge >= 0.3 is 0 Å². The van der Waals surface area contributed by atoms with Crippen molar-refractivity contribution in [2.45, 2.75) is 32.4 Å². The van der Waals surface area contributed by atoms with Crippen molar-refractivity contribution in [1.82, 2.24) is 19.6 Å². The molecule has 1 atom stereocenters. The fourth-order valence-corrected chi connectivity index (χ4v) is 3.65. The molecule has 0 radical (unpaired) electrons. The van der Waals surface area contributed by atoms with Gasteiger partial charge in [-0.2, -0.15) is 0 Å². The van der Waals surface area contributed by atoms with E-state index in [1.807, 2.05) is 6.07 Å². The third kappa shape index (κ3) is 3.02. The van der Waals surface area contributed by atoms with Crippen LogP contribution in [0.25, 0.3) is 10.9 Å². The number of carbonyl (C=O) groups excluding carboxylic acids is 1. The van der Waals surface area contributed by atoms with Crippen LogP contribution in [-0.4, -0.2) is 43.8 Å². The van der Waals surface area contributed by atoms with Gasteiger partial charge in [-0.05, 0) is 31.9 Å². The van der Waals surface area contributed by atoms with Crippen LogP contribution in [0.1, 0.15) is 41.0 Å². The Morgan fingerprint density at radius 1 is 1.37 bits per heavy atom. The van der Waals surface area contributed by atoms with Crippen molar-refractivity contribution in [3.63, 3.8) is 0 Å². The van der Waals surface area contributed by atoms with Gasteiger partial charge in [0.1, 0.15) is 11.6 Å². The summed E-state index contributed by atoms with van der Waals surface area (Å²) in [6.45, 7) is 2.23. The first kappa shape index (κ1) is 17.4. The molecule has 1 unspecified atom stereocenters.